The minimum absolute atomic E-state index is 0.0660. The molecule has 0 heterocycles. The van der Waals surface area contributed by atoms with Crippen LogP contribution >= 0.6 is 0 Å². The monoisotopic (exact) mass is 218 g/mol. The summed E-state index contributed by atoms with van der Waals surface area (Å²) in [6.45, 7) is 6.39. The molecule has 0 aliphatic carbocycles. The van der Waals surface area contributed by atoms with Gasteiger partial charge in [-0.1, -0.05) is 33.1 Å². The van der Waals surface area contributed by atoms with Crippen molar-refractivity contribution in [3.63, 3.8) is 0 Å². The molecule has 1 atom stereocenters. The molecule has 0 aromatic rings. The van der Waals surface area contributed by atoms with Gasteiger partial charge in [-0.25, -0.2) is 4.79 Å². The molecule has 90 valence electrons. The molecule has 0 aliphatic rings. The molecule has 0 rings (SSSR count). The highest BCUT2D eigenvalue weighted by molar-refractivity contribution is 5.58. The summed E-state index contributed by atoms with van der Waals surface area (Å²) >= 11 is 0. The first-order valence-electron chi connectivity index (χ1n) is 5.70. The molecule has 0 saturated heterocycles. The second kappa shape index (κ2) is 9.77. The molecular formula is C11H22O4. The molecule has 0 aromatic carbocycles. The lowest BCUT2D eigenvalue weighted by molar-refractivity contribution is -0.283. The van der Waals surface area contributed by atoms with Gasteiger partial charge in [0.15, 0.2) is 0 Å². The molecular weight excluding hydrogens is 196 g/mol. The van der Waals surface area contributed by atoms with Crippen LogP contribution in [-0.2, 0) is 14.5 Å². The summed E-state index contributed by atoms with van der Waals surface area (Å²) in [7, 11) is 0. The van der Waals surface area contributed by atoms with Crippen LogP contribution in [0.4, 0.5) is 4.79 Å². The fraction of sp³-hybridized carbons (Fsp3) is 0.909. The van der Waals surface area contributed by atoms with Crippen molar-refractivity contribution in [3.8, 4) is 0 Å². The Morgan fingerprint density at radius 1 is 1.20 bits per heavy atom. The second-order valence-corrected chi connectivity index (χ2v) is 3.58. The fourth-order valence-electron chi connectivity index (χ4n) is 0.985. The van der Waals surface area contributed by atoms with Gasteiger partial charge in [0, 0.05) is 0 Å². The van der Waals surface area contributed by atoms with Gasteiger partial charge in [-0.2, -0.15) is 4.89 Å². The number of unbranched alkanes of at least 4 members (excludes halogenated alkanes) is 2. The Kier molecular flexibility index (Phi) is 9.27. The average molecular weight is 218 g/mol. The van der Waals surface area contributed by atoms with Crippen molar-refractivity contribution in [2.75, 3.05) is 6.61 Å². The van der Waals surface area contributed by atoms with Gasteiger partial charge in [-0.15, -0.1) is 0 Å². The van der Waals surface area contributed by atoms with Gasteiger partial charge in [0.05, 0.1) is 6.61 Å². The van der Waals surface area contributed by atoms with E-state index in [1.165, 1.54) is 0 Å². The Balaban J connectivity index is 3.36. The first-order valence-corrected chi connectivity index (χ1v) is 5.70. The fourth-order valence-corrected chi connectivity index (χ4v) is 0.985. The zero-order valence-corrected chi connectivity index (χ0v) is 9.95. The van der Waals surface area contributed by atoms with Crippen LogP contribution in [0.3, 0.4) is 0 Å². The molecule has 0 radical (unpaired) electrons. The zero-order chi connectivity index (χ0) is 11.5. The average Bonchev–Trinajstić information content (AvgIpc) is 2.24. The molecule has 0 spiro atoms. The summed E-state index contributed by atoms with van der Waals surface area (Å²) in [5.74, 6) is 0. The number of carbonyl (C=O) groups is 1. The summed E-state index contributed by atoms with van der Waals surface area (Å²) in [4.78, 5) is 20.3. The van der Waals surface area contributed by atoms with E-state index in [0.29, 0.717) is 6.61 Å². The van der Waals surface area contributed by atoms with Crippen molar-refractivity contribution >= 4 is 6.16 Å². The van der Waals surface area contributed by atoms with Crippen molar-refractivity contribution in [1.29, 1.82) is 0 Å². The van der Waals surface area contributed by atoms with E-state index in [1.807, 2.05) is 13.8 Å². The molecule has 0 amide bonds. The Bertz CT molecular complexity index is 159. The van der Waals surface area contributed by atoms with Crippen LogP contribution in [0, 0.1) is 0 Å². The lowest BCUT2D eigenvalue weighted by Gasteiger charge is -2.10. The lowest BCUT2D eigenvalue weighted by Crippen LogP contribution is -2.14. The maximum Gasteiger partial charge on any atom is 0.540 e. The largest absolute Gasteiger partial charge is 0.540 e. The standard InChI is InChI=1S/C11H22O4/c1-4-6-8-10(3)14-15-11(12)13-9-7-5-2/h10H,4-9H2,1-3H3. The highest BCUT2D eigenvalue weighted by atomic mass is 17.2. The molecule has 0 saturated carbocycles. The predicted octanol–water partition coefficient (Wildman–Crippen LogP) is 3.45. The number of ether oxygens (including phenoxy) is 1. The molecule has 1 unspecified atom stereocenters. The SMILES string of the molecule is CCCCOC(=O)OOC(C)CCCC. The van der Waals surface area contributed by atoms with Gasteiger partial charge < -0.3 is 4.74 Å². The summed E-state index contributed by atoms with van der Waals surface area (Å²) in [5, 5.41) is 0. The minimum Gasteiger partial charge on any atom is -0.432 e. The zero-order valence-electron chi connectivity index (χ0n) is 9.95. The van der Waals surface area contributed by atoms with Crippen LogP contribution in [0.25, 0.3) is 0 Å². The molecule has 4 nitrogen and oxygen atoms in total. The highest BCUT2D eigenvalue weighted by Gasteiger charge is 2.08. The first kappa shape index (κ1) is 14.2. The molecule has 0 N–H and O–H groups in total. The van der Waals surface area contributed by atoms with Crippen LogP contribution in [0.5, 0.6) is 0 Å². The highest BCUT2D eigenvalue weighted by Crippen LogP contribution is 2.04. The number of hydrogen-bond acceptors (Lipinski definition) is 4. The van der Waals surface area contributed by atoms with Crippen molar-refractivity contribution in [2.45, 2.75) is 59.0 Å². The van der Waals surface area contributed by atoms with Crippen LogP contribution in [-0.4, -0.2) is 18.9 Å². The maximum absolute atomic E-state index is 10.9. The van der Waals surface area contributed by atoms with Crippen LogP contribution in [0.2, 0.25) is 0 Å². The van der Waals surface area contributed by atoms with Crippen molar-refractivity contribution < 1.29 is 19.3 Å². The van der Waals surface area contributed by atoms with E-state index in [9.17, 15) is 4.79 Å². The maximum atomic E-state index is 10.9. The van der Waals surface area contributed by atoms with Gasteiger partial charge in [-0.05, 0) is 19.8 Å². The van der Waals surface area contributed by atoms with E-state index in [0.717, 1.165) is 32.1 Å². The van der Waals surface area contributed by atoms with E-state index < -0.39 is 6.16 Å². The molecule has 15 heavy (non-hydrogen) atoms. The smallest absolute Gasteiger partial charge is 0.432 e. The topological polar surface area (TPSA) is 44.8 Å². The number of carbonyl (C=O) groups excluding carboxylic acids is 1. The Hall–Kier alpha value is -0.770. The van der Waals surface area contributed by atoms with Gasteiger partial charge >= 0.3 is 6.16 Å². The van der Waals surface area contributed by atoms with Gasteiger partial charge in [0.2, 0.25) is 0 Å². The van der Waals surface area contributed by atoms with Gasteiger partial charge in [-0.3, -0.25) is 4.89 Å². The van der Waals surface area contributed by atoms with E-state index in [4.69, 9.17) is 9.62 Å². The van der Waals surface area contributed by atoms with E-state index in [-0.39, 0.29) is 6.10 Å². The van der Waals surface area contributed by atoms with Crippen LogP contribution in [0.1, 0.15) is 52.9 Å². The minimum atomic E-state index is -0.744. The van der Waals surface area contributed by atoms with Crippen molar-refractivity contribution in [2.24, 2.45) is 0 Å². The van der Waals surface area contributed by atoms with E-state index >= 15 is 0 Å². The Morgan fingerprint density at radius 2 is 1.87 bits per heavy atom. The molecule has 4 heteroatoms. The quantitative estimate of drug-likeness (QED) is 0.271. The third-order valence-electron chi connectivity index (χ3n) is 1.96. The summed E-state index contributed by atoms with van der Waals surface area (Å²) in [5.41, 5.74) is 0. The van der Waals surface area contributed by atoms with Gasteiger partial charge in [0.25, 0.3) is 0 Å². The summed E-state index contributed by atoms with van der Waals surface area (Å²) in [6, 6.07) is 0. The normalized spacial score (nSPS) is 12.2. The predicted molar refractivity (Wildman–Crippen MR) is 57.4 cm³/mol. The van der Waals surface area contributed by atoms with Crippen molar-refractivity contribution in [3.05, 3.63) is 0 Å². The summed E-state index contributed by atoms with van der Waals surface area (Å²) < 4.78 is 4.75. The Morgan fingerprint density at radius 3 is 2.47 bits per heavy atom. The second-order valence-electron chi connectivity index (χ2n) is 3.58. The molecule has 0 aliphatic heterocycles. The van der Waals surface area contributed by atoms with Crippen molar-refractivity contribution in [1.82, 2.24) is 0 Å². The van der Waals surface area contributed by atoms with Crippen LogP contribution in [0.15, 0.2) is 0 Å². The third-order valence-corrected chi connectivity index (χ3v) is 1.96. The third kappa shape index (κ3) is 9.53. The molecule has 0 fully saturated rings. The first-order chi connectivity index (χ1) is 7.20. The molecule has 0 aromatic heterocycles. The lowest BCUT2D eigenvalue weighted by atomic mass is 10.2. The van der Waals surface area contributed by atoms with E-state index in [2.05, 4.69) is 11.8 Å². The van der Waals surface area contributed by atoms with Crippen LogP contribution < -0.4 is 0 Å². The number of rotatable bonds is 8. The number of hydrogen-bond donors (Lipinski definition) is 0. The van der Waals surface area contributed by atoms with E-state index in [1.54, 1.807) is 0 Å². The van der Waals surface area contributed by atoms with Gasteiger partial charge in [0.1, 0.15) is 6.10 Å². The molecule has 0 bridgehead atoms. The summed E-state index contributed by atoms with van der Waals surface area (Å²) in [6.07, 6.45) is 4.08. The Labute approximate surface area is 91.8 Å².